The van der Waals surface area contributed by atoms with Crippen LogP contribution in [0.3, 0.4) is 0 Å². The second-order valence-corrected chi connectivity index (χ2v) is 6.32. The third kappa shape index (κ3) is 4.48. The molecule has 1 N–H and O–H groups in total. The number of benzene rings is 2. The molecule has 1 aliphatic rings. The van der Waals surface area contributed by atoms with Gasteiger partial charge in [-0.05, 0) is 19.1 Å². The summed E-state index contributed by atoms with van der Waals surface area (Å²) in [6.45, 7) is 5.11. The first-order valence-corrected chi connectivity index (χ1v) is 8.96. The van der Waals surface area contributed by atoms with Crippen molar-refractivity contribution in [2.24, 2.45) is 0 Å². The van der Waals surface area contributed by atoms with E-state index in [1.54, 1.807) is 25.1 Å². The molecule has 0 radical (unpaired) electrons. The predicted molar refractivity (Wildman–Crippen MR) is 98.9 cm³/mol. The molecule has 0 saturated carbocycles. The largest absolute Gasteiger partial charge is 0.462 e. The van der Waals surface area contributed by atoms with E-state index in [1.807, 2.05) is 0 Å². The van der Waals surface area contributed by atoms with Crippen LogP contribution >= 0.6 is 11.6 Å². The molecule has 0 spiro atoms. The van der Waals surface area contributed by atoms with E-state index >= 15 is 0 Å². The third-order valence-electron chi connectivity index (χ3n) is 4.12. The van der Waals surface area contributed by atoms with Gasteiger partial charge in [0.1, 0.15) is 28.0 Å². The maximum Gasteiger partial charge on any atom is 0.341 e. The predicted octanol–water partition coefficient (Wildman–Crippen LogP) is 4.00. The third-order valence-corrected chi connectivity index (χ3v) is 4.49. The van der Waals surface area contributed by atoms with Crippen molar-refractivity contribution in [3.05, 3.63) is 52.6 Å². The van der Waals surface area contributed by atoms with E-state index in [9.17, 15) is 13.6 Å². The Kier molecular flexibility index (Phi) is 6.13. The molecule has 0 bridgehead atoms. The van der Waals surface area contributed by atoms with Crippen LogP contribution in [0.2, 0.25) is 5.02 Å². The summed E-state index contributed by atoms with van der Waals surface area (Å²) in [6, 6.07) is 6.65. The van der Waals surface area contributed by atoms with Gasteiger partial charge in [0.15, 0.2) is 5.75 Å². The first-order valence-electron chi connectivity index (χ1n) is 8.59. The molecule has 5 nitrogen and oxygen atoms in total. The molecule has 2 aromatic rings. The number of nitrogens with one attached hydrogen (secondary N) is 1. The molecule has 1 fully saturated rings. The molecule has 3 rings (SSSR count). The van der Waals surface area contributed by atoms with Gasteiger partial charge in [-0.1, -0.05) is 11.6 Å². The van der Waals surface area contributed by atoms with E-state index in [2.05, 4.69) is 10.2 Å². The first-order chi connectivity index (χ1) is 13.0. The van der Waals surface area contributed by atoms with Crippen LogP contribution in [0, 0.1) is 11.6 Å². The number of esters is 1. The maximum atomic E-state index is 13.7. The van der Waals surface area contributed by atoms with Gasteiger partial charge in [-0.25, -0.2) is 13.6 Å². The molecular weight excluding hydrogens is 378 g/mol. The number of ether oxygens (including phenoxy) is 2. The lowest BCUT2D eigenvalue weighted by atomic mass is 10.1. The molecule has 0 unspecified atom stereocenters. The average molecular weight is 397 g/mol. The quantitative estimate of drug-likeness (QED) is 0.611. The first kappa shape index (κ1) is 19.4. The Morgan fingerprint density at radius 2 is 1.93 bits per heavy atom. The molecule has 8 heteroatoms. The van der Waals surface area contributed by atoms with Gasteiger partial charge in [0.25, 0.3) is 0 Å². The number of hydrogen-bond acceptors (Lipinski definition) is 5. The smallest absolute Gasteiger partial charge is 0.341 e. The van der Waals surface area contributed by atoms with E-state index in [0.29, 0.717) is 6.07 Å². The maximum absolute atomic E-state index is 13.7. The fourth-order valence-electron chi connectivity index (χ4n) is 2.82. The van der Waals surface area contributed by atoms with Gasteiger partial charge in [-0.2, -0.15) is 0 Å². The summed E-state index contributed by atoms with van der Waals surface area (Å²) in [5, 5.41) is 2.90. The summed E-state index contributed by atoms with van der Waals surface area (Å²) in [6.07, 6.45) is 0. The zero-order valence-electron chi connectivity index (χ0n) is 14.7. The highest BCUT2D eigenvalue weighted by molar-refractivity contribution is 6.32. The molecule has 27 heavy (non-hydrogen) atoms. The Hall–Kier alpha value is -2.38. The summed E-state index contributed by atoms with van der Waals surface area (Å²) in [5.74, 6) is -2.45. The van der Waals surface area contributed by atoms with Gasteiger partial charge in [0.05, 0.1) is 6.61 Å². The molecule has 0 amide bonds. The number of piperazine rings is 1. The molecule has 1 saturated heterocycles. The van der Waals surface area contributed by atoms with Crippen molar-refractivity contribution in [2.45, 2.75) is 6.92 Å². The summed E-state index contributed by atoms with van der Waals surface area (Å²) in [4.78, 5) is 14.4. The summed E-state index contributed by atoms with van der Waals surface area (Å²) < 4.78 is 38.0. The second-order valence-electron chi connectivity index (χ2n) is 5.94. The fourth-order valence-corrected chi connectivity index (χ4v) is 2.97. The van der Waals surface area contributed by atoms with Gasteiger partial charge in [0, 0.05) is 50.1 Å². The van der Waals surface area contributed by atoms with Crippen molar-refractivity contribution in [3.8, 4) is 11.5 Å². The van der Waals surface area contributed by atoms with Crippen LogP contribution in [-0.2, 0) is 4.74 Å². The van der Waals surface area contributed by atoms with Gasteiger partial charge in [0.2, 0.25) is 0 Å². The SMILES string of the molecule is CCOC(=O)c1ccc(N2CCNCC2)cc1Oc1cc(F)cc(F)c1Cl. The number of rotatable bonds is 5. The molecule has 0 atom stereocenters. The Labute approximate surface area is 160 Å². The van der Waals surface area contributed by atoms with E-state index in [0.717, 1.165) is 37.9 Å². The number of carbonyl (C=O) groups is 1. The number of hydrogen-bond donors (Lipinski definition) is 1. The minimum absolute atomic E-state index is 0.122. The summed E-state index contributed by atoms with van der Waals surface area (Å²) >= 11 is 5.90. The van der Waals surface area contributed by atoms with Crippen molar-refractivity contribution in [1.29, 1.82) is 0 Å². The average Bonchev–Trinajstić information content (AvgIpc) is 2.66. The summed E-state index contributed by atoms with van der Waals surface area (Å²) in [5.41, 5.74) is 0.976. The Bertz CT molecular complexity index is 842. The van der Waals surface area contributed by atoms with Gasteiger partial charge in [-0.3, -0.25) is 0 Å². The number of carbonyl (C=O) groups excluding carboxylic acids is 1. The minimum atomic E-state index is -0.942. The standard InChI is InChI=1S/C19H19ClF2N2O3/c1-2-26-19(25)14-4-3-13(24-7-5-23-6-8-24)11-16(14)27-17-10-12(21)9-15(22)18(17)20/h3-4,9-11,23H,2,5-8H2,1H3. The van der Waals surface area contributed by atoms with Crippen molar-refractivity contribution in [3.63, 3.8) is 0 Å². The lowest BCUT2D eigenvalue weighted by molar-refractivity contribution is 0.0523. The van der Waals surface area contributed by atoms with Crippen LogP contribution in [0.1, 0.15) is 17.3 Å². The fraction of sp³-hybridized carbons (Fsp3) is 0.316. The zero-order valence-corrected chi connectivity index (χ0v) is 15.5. The van der Waals surface area contributed by atoms with E-state index < -0.39 is 17.6 Å². The highest BCUT2D eigenvalue weighted by atomic mass is 35.5. The lowest BCUT2D eigenvalue weighted by Crippen LogP contribution is -2.43. The van der Waals surface area contributed by atoms with Crippen molar-refractivity contribution in [2.75, 3.05) is 37.7 Å². The van der Waals surface area contributed by atoms with Gasteiger partial charge in [-0.15, -0.1) is 0 Å². The van der Waals surface area contributed by atoms with Gasteiger partial charge < -0.3 is 19.7 Å². The Balaban J connectivity index is 2.00. The van der Waals surface area contributed by atoms with Crippen LogP contribution in [0.25, 0.3) is 0 Å². The molecule has 0 aromatic heterocycles. The van der Waals surface area contributed by atoms with E-state index in [4.69, 9.17) is 21.1 Å². The van der Waals surface area contributed by atoms with E-state index in [-0.39, 0.29) is 28.7 Å². The molecular formula is C19H19ClF2N2O3. The van der Waals surface area contributed by atoms with Gasteiger partial charge >= 0.3 is 5.97 Å². The normalized spacial score (nSPS) is 14.1. The molecule has 2 aromatic carbocycles. The molecule has 1 aliphatic heterocycles. The van der Waals surface area contributed by atoms with Crippen molar-refractivity contribution < 1.29 is 23.0 Å². The second kappa shape index (κ2) is 8.54. The highest BCUT2D eigenvalue weighted by Crippen LogP contribution is 2.36. The van der Waals surface area contributed by atoms with Crippen molar-refractivity contribution in [1.82, 2.24) is 5.32 Å². The van der Waals surface area contributed by atoms with Crippen LogP contribution in [0.15, 0.2) is 30.3 Å². The number of anilines is 1. The number of nitrogens with zero attached hydrogens (tertiary/aromatic N) is 1. The highest BCUT2D eigenvalue weighted by Gasteiger charge is 2.20. The van der Waals surface area contributed by atoms with Crippen LogP contribution in [-0.4, -0.2) is 38.8 Å². The number of halogens is 3. The van der Waals surface area contributed by atoms with E-state index in [1.165, 1.54) is 0 Å². The molecule has 1 heterocycles. The van der Waals surface area contributed by atoms with Crippen LogP contribution < -0.4 is 15.0 Å². The van der Waals surface area contributed by atoms with Crippen LogP contribution in [0.5, 0.6) is 11.5 Å². The topological polar surface area (TPSA) is 50.8 Å². The van der Waals surface area contributed by atoms with Crippen molar-refractivity contribution >= 4 is 23.3 Å². The molecule has 0 aliphatic carbocycles. The summed E-state index contributed by atoms with van der Waals surface area (Å²) in [7, 11) is 0. The Morgan fingerprint density at radius 1 is 1.19 bits per heavy atom. The Morgan fingerprint density at radius 3 is 2.63 bits per heavy atom. The lowest BCUT2D eigenvalue weighted by Gasteiger charge is -2.30. The monoisotopic (exact) mass is 396 g/mol. The minimum Gasteiger partial charge on any atom is -0.462 e. The zero-order chi connectivity index (χ0) is 19.4. The van der Waals surface area contributed by atoms with Crippen LogP contribution in [0.4, 0.5) is 14.5 Å². The molecule has 144 valence electrons.